The Kier molecular flexibility index (Phi) is 3.56. The Bertz CT molecular complexity index is 419. The van der Waals surface area contributed by atoms with Gasteiger partial charge in [0.1, 0.15) is 6.10 Å². The van der Waals surface area contributed by atoms with Gasteiger partial charge in [-0.2, -0.15) is 13.2 Å². The summed E-state index contributed by atoms with van der Waals surface area (Å²) in [6, 6.07) is 8.91. The van der Waals surface area contributed by atoms with Gasteiger partial charge < -0.3 is 9.64 Å². The first-order valence-electron chi connectivity index (χ1n) is 5.51. The van der Waals surface area contributed by atoms with E-state index in [4.69, 9.17) is 4.74 Å². The predicted octanol–water partition coefficient (Wildman–Crippen LogP) is 2.15. The van der Waals surface area contributed by atoms with Crippen molar-refractivity contribution in [3.8, 4) is 0 Å². The number of hydrogen-bond donors (Lipinski definition) is 0. The number of alkyl halides is 3. The Morgan fingerprint density at radius 1 is 1.28 bits per heavy atom. The van der Waals surface area contributed by atoms with Gasteiger partial charge in [0.05, 0.1) is 13.2 Å². The summed E-state index contributed by atoms with van der Waals surface area (Å²) in [6.45, 7) is 0.0193. The summed E-state index contributed by atoms with van der Waals surface area (Å²) in [5.74, 6) is -1.80. The molecule has 1 saturated heterocycles. The first-order chi connectivity index (χ1) is 8.48. The molecule has 1 atom stereocenters. The first-order valence-corrected chi connectivity index (χ1v) is 5.51. The number of amides is 1. The zero-order valence-corrected chi connectivity index (χ0v) is 9.48. The summed E-state index contributed by atoms with van der Waals surface area (Å²) in [7, 11) is 0. The van der Waals surface area contributed by atoms with E-state index in [0.717, 1.165) is 10.5 Å². The lowest BCUT2D eigenvalue weighted by Crippen LogP contribution is -2.47. The molecule has 0 bridgehead atoms. The lowest BCUT2D eigenvalue weighted by molar-refractivity contribution is -0.191. The molecule has 1 aliphatic rings. The summed E-state index contributed by atoms with van der Waals surface area (Å²) in [6.07, 6.45) is -5.32. The molecule has 1 fully saturated rings. The van der Waals surface area contributed by atoms with Crippen LogP contribution in [0.15, 0.2) is 30.3 Å². The fourth-order valence-corrected chi connectivity index (χ4v) is 1.88. The normalized spacial score (nSPS) is 20.8. The fraction of sp³-hybridized carbons (Fsp3) is 0.417. The number of carbonyl (C=O) groups excluding carboxylic acids is 1. The van der Waals surface area contributed by atoms with E-state index in [2.05, 4.69) is 0 Å². The molecule has 1 heterocycles. The van der Waals surface area contributed by atoms with Crippen molar-refractivity contribution in [2.45, 2.75) is 12.3 Å². The van der Waals surface area contributed by atoms with Crippen LogP contribution in [-0.2, 0) is 9.53 Å². The van der Waals surface area contributed by atoms with Crippen molar-refractivity contribution < 1.29 is 22.7 Å². The summed E-state index contributed by atoms with van der Waals surface area (Å²) < 4.78 is 42.4. The third-order valence-electron chi connectivity index (χ3n) is 2.77. The van der Waals surface area contributed by atoms with E-state index in [-0.39, 0.29) is 19.7 Å². The molecule has 98 valence electrons. The van der Waals surface area contributed by atoms with Gasteiger partial charge in [0, 0.05) is 6.54 Å². The molecule has 1 unspecified atom stereocenters. The van der Waals surface area contributed by atoms with E-state index < -0.39 is 18.2 Å². The number of morpholine rings is 1. The zero-order chi connectivity index (χ0) is 13.2. The van der Waals surface area contributed by atoms with Crippen molar-refractivity contribution in [3.05, 3.63) is 35.9 Å². The molecule has 1 amide bonds. The highest BCUT2D eigenvalue weighted by atomic mass is 19.4. The standard InChI is InChI=1S/C12H12F3NO2/c13-12(14,15)11(17)16-6-7-18-10(8-16)9-4-2-1-3-5-9/h1-5,10H,6-8H2. The Balaban J connectivity index is 2.08. The SMILES string of the molecule is O=C(N1CCOC(c2ccccc2)C1)C(F)(F)F. The van der Waals surface area contributed by atoms with Gasteiger partial charge in [-0.3, -0.25) is 4.79 Å². The first kappa shape index (κ1) is 12.9. The molecule has 0 aromatic heterocycles. The van der Waals surface area contributed by atoms with Crippen molar-refractivity contribution in [2.24, 2.45) is 0 Å². The molecule has 0 saturated carbocycles. The van der Waals surface area contributed by atoms with Gasteiger partial charge in [0.15, 0.2) is 0 Å². The van der Waals surface area contributed by atoms with Gasteiger partial charge in [-0.05, 0) is 5.56 Å². The average Bonchev–Trinajstić information content (AvgIpc) is 2.38. The number of benzene rings is 1. The van der Waals surface area contributed by atoms with Crippen molar-refractivity contribution in [3.63, 3.8) is 0 Å². The third kappa shape index (κ3) is 2.81. The Morgan fingerprint density at radius 2 is 1.94 bits per heavy atom. The maximum atomic E-state index is 12.3. The van der Waals surface area contributed by atoms with Crippen LogP contribution in [-0.4, -0.2) is 36.7 Å². The van der Waals surface area contributed by atoms with Crippen molar-refractivity contribution in [1.82, 2.24) is 4.90 Å². The van der Waals surface area contributed by atoms with Gasteiger partial charge in [0.25, 0.3) is 0 Å². The van der Waals surface area contributed by atoms with Crippen LogP contribution in [0.2, 0.25) is 0 Å². The number of nitrogens with zero attached hydrogens (tertiary/aromatic N) is 1. The summed E-state index contributed by atoms with van der Waals surface area (Å²) in [5.41, 5.74) is 0.775. The molecule has 0 aliphatic carbocycles. The van der Waals surface area contributed by atoms with Crippen LogP contribution < -0.4 is 0 Å². The van der Waals surface area contributed by atoms with Crippen LogP contribution in [0.5, 0.6) is 0 Å². The van der Waals surface area contributed by atoms with E-state index in [9.17, 15) is 18.0 Å². The number of ether oxygens (including phenoxy) is 1. The van der Waals surface area contributed by atoms with Gasteiger partial charge in [-0.15, -0.1) is 0 Å². The van der Waals surface area contributed by atoms with Crippen molar-refractivity contribution in [2.75, 3.05) is 19.7 Å². The van der Waals surface area contributed by atoms with Crippen LogP contribution in [0, 0.1) is 0 Å². The highest BCUT2D eigenvalue weighted by molar-refractivity contribution is 5.82. The van der Waals surface area contributed by atoms with E-state index >= 15 is 0 Å². The van der Waals surface area contributed by atoms with Gasteiger partial charge in [-0.1, -0.05) is 30.3 Å². The zero-order valence-electron chi connectivity index (χ0n) is 9.48. The molecule has 6 heteroatoms. The molecule has 0 radical (unpaired) electrons. The lowest BCUT2D eigenvalue weighted by Gasteiger charge is -2.33. The molecule has 0 spiro atoms. The Morgan fingerprint density at radius 3 is 2.56 bits per heavy atom. The van der Waals surface area contributed by atoms with Crippen molar-refractivity contribution >= 4 is 5.91 Å². The molecular weight excluding hydrogens is 247 g/mol. The van der Waals surface area contributed by atoms with E-state index in [0.29, 0.717) is 0 Å². The highest BCUT2D eigenvalue weighted by Gasteiger charge is 2.43. The van der Waals surface area contributed by atoms with Crippen LogP contribution >= 0.6 is 0 Å². The number of carbonyl (C=O) groups is 1. The number of halogens is 3. The number of hydrogen-bond acceptors (Lipinski definition) is 2. The maximum Gasteiger partial charge on any atom is 0.471 e. The lowest BCUT2D eigenvalue weighted by atomic mass is 10.1. The molecule has 18 heavy (non-hydrogen) atoms. The average molecular weight is 259 g/mol. The fourth-order valence-electron chi connectivity index (χ4n) is 1.88. The highest BCUT2D eigenvalue weighted by Crippen LogP contribution is 2.25. The topological polar surface area (TPSA) is 29.5 Å². The van der Waals surface area contributed by atoms with E-state index in [1.165, 1.54) is 0 Å². The molecule has 2 rings (SSSR count). The number of rotatable bonds is 1. The van der Waals surface area contributed by atoms with Gasteiger partial charge in [0.2, 0.25) is 0 Å². The summed E-state index contributed by atoms with van der Waals surface area (Å²) in [5, 5.41) is 0. The van der Waals surface area contributed by atoms with Crippen LogP contribution in [0.4, 0.5) is 13.2 Å². The maximum absolute atomic E-state index is 12.3. The largest absolute Gasteiger partial charge is 0.471 e. The van der Waals surface area contributed by atoms with Gasteiger partial charge in [-0.25, -0.2) is 0 Å². The monoisotopic (exact) mass is 259 g/mol. The molecular formula is C12H12F3NO2. The molecule has 0 N–H and O–H groups in total. The minimum Gasteiger partial charge on any atom is -0.370 e. The second-order valence-corrected chi connectivity index (χ2v) is 4.02. The molecule has 1 aliphatic heterocycles. The van der Waals surface area contributed by atoms with Gasteiger partial charge >= 0.3 is 12.1 Å². The summed E-state index contributed by atoms with van der Waals surface area (Å²) >= 11 is 0. The van der Waals surface area contributed by atoms with Crippen molar-refractivity contribution in [1.29, 1.82) is 0 Å². The quantitative estimate of drug-likeness (QED) is 0.773. The molecule has 1 aromatic carbocycles. The van der Waals surface area contributed by atoms with Crippen LogP contribution in [0.25, 0.3) is 0 Å². The molecule has 3 nitrogen and oxygen atoms in total. The smallest absolute Gasteiger partial charge is 0.370 e. The predicted molar refractivity (Wildman–Crippen MR) is 57.8 cm³/mol. The minimum atomic E-state index is -4.82. The van der Waals surface area contributed by atoms with Crippen LogP contribution in [0.1, 0.15) is 11.7 Å². The Hall–Kier alpha value is -1.56. The second kappa shape index (κ2) is 4.97. The van der Waals surface area contributed by atoms with E-state index in [1.54, 1.807) is 24.3 Å². The van der Waals surface area contributed by atoms with E-state index in [1.807, 2.05) is 6.07 Å². The Labute approximate surface area is 102 Å². The minimum absolute atomic E-state index is 0.0261. The van der Waals surface area contributed by atoms with Crippen LogP contribution in [0.3, 0.4) is 0 Å². The third-order valence-corrected chi connectivity index (χ3v) is 2.77. The second-order valence-electron chi connectivity index (χ2n) is 4.02. The summed E-state index contributed by atoms with van der Waals surface area (Å²) in [4.78, 5) is 11.9. The molecule has 1 aromatic rings.